The van der Waals surface area contributed by atoms with Gasteiger partial charge in [-0.15, -0.1) is 0 Å². The quantitative estimate of drug-likeness (QED) is 0.381. The van der Waals surface area contributed by atoms with E-state index in [0.717, 1.165) is 0 Å². The smallest absolute Gasteiger partial charge is 0.422 e. The Morgan fingerprint density at radius 3 is 1.71 bits per heavy atom. The topological polar surface area (TPSA) is 49.7 Å². The van der Waals surface area contributed by atoms with Crippen LogP contribution >= 0.6 is 22.6 Å². The van der Waals surface area contributed by atoms with Gasteiger partial charge in [-0.05, 0) is 40.2 Å². The lowest BCUT2D eigenvalue weighted by Gasteiger charge is -1.98. The molecule has 0 saturated carbocycles. The molecule has 5 heteroatoms. The largest absolute Gasteiger partial charge is 0.522 e. The molecular weight excluding hydrogens is 330 g/mol. The zero-order valence-corrected chi connectivity index (χ0v) is 11.2. The molecule has 2 aromatic rings. The van der Waals surface area contributed by atoms with Gasteiger partial charge < -0.3 is 5.02 Å². The molecule has 2 aromatic carbocycles. The van der Waals surface area contributed by atoms with Gasteiger partial charge in [0.05, 0.1) is 0 Å². The molecule has 0 aliphatic rings. The normalized spacial score (nSPS) is 9.12. The molecule has 0 amide bonds. The van der Waals surface area contributed by atoms with Crippen molar-refractivity contribution in [1.82, 2.24) is 0 Å². The van der Waals surface area contributed by atoms with Crippen LogP contribution in [0.25, 0.3) is 0 Å². The molecule has 0 atom stereocenters. The molecule has 0 spiro atoms. The van der Waals surface area contributed by atoms with Gasteiger partial charge in [-0.1, -0.05) is 48.5 Å². The molecule has 0 heterocycles. The van der Waals surface area contributed by atoms with Gasteiger partial charge in [0.25, 0.3) is 0 Å². The summed E-state index contributed by atoms with van der Waals surface area (Å²) in [4.78, 5) is 3.69. The molecule has 88 valence electrons. The van der Waals surface area contributed by atoms with Gasteiger partial charge >= 0.3 is 7.12 Å². The molecule has 0 aliphatic carbocycles. The van der Waals surface area contributed by atoms with Crippen LogP contribution in [0.1, 0.15) is 0 Å². The lowest BCUT2D eigenvalue weighted by Crippen LogP contribution is -2.32. The fraction of sp³-hybridized carbons (Fsp3) is 0. The monoisotopic (exact) mass is 342 g/mol. The Kier molecular flexibility index (Phi) is 6.87. The zero-order valence-electron chi connectivity index (χ0n) is 9.03. The van der Waals surface area contributed by atoms with Crippen LogP contribution in [-0.2, 0) is 4.81 Å². The maximum absolute atomic E-state index is 8.86. The van der Waals surface area contributed by atoms with Crippen LogP contribution in [-0.4, -0.2) is 17.4 Å². The SMILES string of the molecule is Ic1ccccc1.OOB(O)c1ccccc1. The number of halogens is 1. The van der Waals surface area contributed by atoms with E-state index in [2.05, 4.69) is 39.5 Å². The first-order valence-electron chi connectivity index (χ1n) is 4.98. The maximum Gasteiger partial charge on any atom is 0.522 e. The van der Waals surface area contributed by atoms with Crippen LogP contribution in [0.5, 0.6) is 0 Å². The molecule has 2 N–H and O–H groups in total. The Morgan fingerprint density at radius 2 is 1.35 bits per heavy atom. The fourth-order valence-electron chi connectivity index (χ4n) is 1.09. The van der Waals surface area contributed by atoms with Crippen molar-refractivity contribution in [2.45, 2.75) is 0 Å². The summed E-state index contributed by atoms with van der Waals surface area (Å²) in [5.74, 6) is 0. The lowest BCUT2D eigenvalue weighted by molar-refractivity contribution is -0.154. The van der Waals surface area contributed by atoms with E-state index in [9.17, 15) is 0 Å². The van der Waals surface area contributed by atoms with E-state index in [1.807, 2.05) is 24.3 Å². The second-order valence-electron chi connectivity index (χ2n) is 3.16. The number of rotatable bonds is 2. The molecule has 0 unspecified atom stereocenters. The van der Waals surface area contributed by atoms with Crippen LogP contribution in [0.2, 0.25) is 0 Å². The van der Waals surface area contributed by atoms with Gasteiger partial charge in [0.2, 0.25) is 0 Å². The molecule has 0 aliphatic heterocycles. The Balaban J connectivity index is 0.000000181. The predicted molar refractivity (Wildman–Crippen MR) is 76.9 cm³/mol. The molecule has 17 heavy (non-hydrogen) atoms. The summed E-state index contributed by atoms with van der Waals surface area (Å²) in [5.41, 5.74) is 0.532. The fourth-order valence-corrected chi connectivity index (χ4v) is 1.51. The highest BCUT2D eigenvalue weighted by Gasteiger charge is 2.14. The second kappa shape index (κ2) is 8.24. The molecule has 0 bridgehead atoms. The summed E-state index contributed by atoms with van der Waals surface area (Å²) in [6.07, 6.45) is 0. The maximum atomic E-state index is 8.86. The molecule has 0 aromatic heterocycles. The van der Waals surface area contributed by atoms with Gasteiger partial charge in [0.15, 0.2) is 0 Å². The summed E-state index contributed by atoms with van der Waals surface area (Å²) < 4.78 is 1.29. The van der Waals surface area contributed by atoms with Crippen molar-refractivity contribution in [3.05, 3.63) is 64.2 Å². The molecule has 0 fully saturated rings. The predicted octanol–water partition coefficient (Wildman–Crippen LogP) is 2.15. The highest BCUT2D eigenvalue weighted by Crippen LogP contribution is 1.99. The average molecular weight is 342 g/mol. The Hall–Kier alpha value is -0.885. The van der Waals surface area contributed by atoms with E-state index in [1.54, 1.807) is 24.3 Å². The van der Waals surface area contributed by atoms with E-state index in [0.29, 0.717) is 5.46 Å². The molecule has 0 saturated heterocycles. The van der Waals surface area contributed by atoms with Gasteiger partial charge in [0.1, 0.15) is 0 Å². The van der Waals surface area contributed by atoms with Crippen molar-refractivity contribution < 1.29 is 15.1 Å². The number of benzene rings is 2. The standard InChI is InChI=1S/C6H7BO3.C6H5I/c8-7(10-9)6-4-2-1-3-5-6;7-6-4-2-1-3-5-6/h1-5,8-9H;1-5H. The summed E-state index contributed by atoms with van der Waals surface area (Å²) in [5, 5.41) is 16.9. The Labute approximate surface area is 114 Å². The highest BCUT2D eigenvalue weighted by atomic mass is 127. The van der Waals surface area contributed by atoms with Gasteiger partial charge in [-0.3, -0.25) is 10.1 Å². The first kappa shape index (κ1) is 14.2. The van der Waals surface area contributed by atoms with Gasteiger partial charge in [-0.2, -0.15) is 0 Å². The van der Waals surface area contributed by atoms with Crippen molar-refractivity contribution in [1.29, 1.82) is 0 Å². The molecule has 2 rings (SSSR count). The lowest BCUT2D eigenvalue weighted by atomic mass is 9.80. The van der Waals surface area contributed by atoms with Crippen molar-refractivity contribution in [2.75, 3.05) is 0 Å². The summed E-state index contributed by atoms with van der Waals surface area (Å²) in [6, 6.07) is 18.8. The highest BCUT2D eigenvalue weighted by molar-refractivity contribution is 14.1. The van der Waals surface area contributed by atoms with Crippen LogP contribution in [0.4, 0.5) is 0 Å². The zero-order chi connectivity index (χ0) is 12.5. The Bertz CT molecular complexity index is 411. The van der Waals surface area contributed by atoms with Crippen LogP contribution in [0.15, 0.2) is 60.7 Å². The average Bonchev–Trinajstić information content (AvgIpc) is 2.40. The van der Waals surface area contributed by atoms with Crippen molar-refractivity contribution in [3.63, 3.8) is 0 Å². The first-order chi connectivity index (χ1) is 8.24. The van der Waals surface area contributed by atoms with Crippen molar-refractivity contribution in [3.8, 4) is 0 Å². The third-order valence-corrected chi connectivity index (χ3v) is 2.64. The van der Waals surface area contributed by atoms with Crippen LogP contribution < -0.4 is 5.46 Å². The Morgan fingerprint density at radius 1 is 0.882 bits per heavy atom. The van der Waals surface area contributed by atoms with E-state index in [-0.39, 0.29) is 0 Å². The van der Waals surface area contributed by atoms with Crippen molar-refractivity contribution >= 4 is 35.2 Å². The van der Waals surface area contributed by atoms with Gasteiger partial charge in [-0.25, -0.2) is 0 Å². The third-order valence-electron chi connectivity index (χ3n) is 1.92. The van der Waals surface area contributed by atoms with Crippen LogP contribution in [0, 0.1) is 3.57 Å². The molecule has 0 radical (unpaired) electrons. The minimum atomic E-state index is -1.24. The van der Waals surface area contributed by atoms with Crippen molar-refractivity contribution in [2.24, 2.45) is 0 Å². The third kappa shape index (κ3) is 5.83. The van der Waals surface area contributed by atoms with Gasteiger partial charge in [0, 0.05) is 3.57 Å². The number of hydrogen-bond donors (Lipinski definition) is 2. The minimum absolute atomic E-state index is 0.532. The summed E-state index contributed by atoms with van der Waals surface area (Å²) >= 11 is 2.28. The molecule has 3 nitrogen and oxygen atoms in total. The first-order valence-corrected chi connectivity index (χ1v) is 6.05. The van der Waals surface area contributed by atoms with E-state index < -0.39 is 7.12 Å². The second-order valence-corrected chi connectivity index (χ2v) is 4.41. The number of hydrogen-bond acceptors (Lipinski definition) is 3. The van der Waals surface area contributed by atoms with E-state index in [4.69, 9.17) is 10.3 Å². The summed E-state index contributed by atoms with van der Waals surface area (Å²) in [7, 11) is -1.24. The van der Waals surface area contributed by atoms with E-state index in [1.165, 1.54) is 3.57 Å². The molecular formula is C12H12BIO3. The minimum Gasteiger partial charge on any atom is -0.422 e. The van der Waals surface area contributed by atoms with Crippen LogP contribution in [0.3, 0.4) is 0 Å². The summed E-state index contributed by atoms with van der Waals surface area (Å²) in [6.45, 7) is 0. The van der Waals surface area contributed by atoms with E-state index >= 15 is 0 Å².